The predicted octanol–water partition coefficient (Wildman–Crippen LogP) is 5.51. The van der Waals surface area contributed by atoms with E-state index in [4.69, 9.17) is 14.2 Å². The van der Waals surface area contributed by atoms with Gasteiger partial charge in [-0.25, -0.2) is 0 Å². The molecule has 0 fully saturated rings. The Bertz CT molecular complexity index is 1110. The second kappa shape index (κ2) is 7.84. The number of ketones is 1. The number of Topliss-reactive ketones (excluding diaryl/α,β-unsaturated/α-hetero) is 1. The number of hydrogen-bond donors (Lipinski definition) is 0. The van der Waals surface area contributed by atoms with E-state index in [9.17, 15) is 4.79 Å². The number of aryl methyl sites for hydroxylation is 1. The van der Waals surface area contributed by atoms with Gasteiger partial charge in [-0.2, -0.15) is 0 Å². The average Bonchev–Trinajstić information content (AvgIpc) is 3.04. The first-order valence-electron chi connectivity index (χ1n) is 9.45. The van der Waals surface area contributed by atoms with Crippen LogP contribution in [0.15, 0.2) is 66.4 Å². The van der Waals surface area contributed by atoms with Crippen LogP contribution in [0.5, 0.6) is 17.2 Å². The molecule has 0 spiro atoms. The van der Waals surface area contributed by atoms with E-state index in [0.717, 1.165) is 28.0 Å². The average molecular weight is 386 g/mol. The highest BCUT2D eigenvalue weighted by Gasteiger charge is 2.30. The van der Waals surface area contributed by atoms with Crippen LogP contribution in [0.25, 0.3) is 6.08 Å². The van der Waals surface area contributed by atoms with Gasteiger partial charge in [0.25, 0.3) is 0 Å². The summed E-state index contributed by atoms with van der Waals surface area (Å²) in [4.78, 5) is 12.8. The third kappa shape index (κ3) is 3.87. The van der Waals surface area contributed by atoms with Crippen molar-refractivity contribution in [3.05, 3.63) is 94.2 Å². The van der Waals surface area contributed by atoms with E-state index in [2.05, 4.69) is 0 Å². The molecule has 0 aromatic heterocycles. The summed E-state index contributed by atoms with van der Waals surface area (Å²) in [6.45, 7) is 4.32. The second-order valence-corrected chi connectivity index (χ2v) is 7.06. The molecule has 3 aromatic rings. The van der Waals surface area contributed by atoms with E-state index in [1.807, 2.05) is 68.4 Å². The van der Waals surface area contributed by atoms with Gasteiger partial charge in [0, 0.05) is 5.56 Å². The SMILES string of the molecule is COc1cccc(COc2ccc3c(c2C)O/C(=C\c2cccc(C)c2)C3=O)c1. The Hall–Kier alpha value is -3.53. The molecule has 1 aliphatic heterocycles. The fraction of sp³-hybridized carbons (Fsp3) is 0.160. The second-order valence-electron chi connectivity index (χ2n) is 7.06. The van der Waals surface area contributed by atoms with Crippen LogP contribution in [0.2, 0.25) is 0 Å². The number of ether oxygens (including phenoxy) is 3. The van der Waals surface area contributed by atoms with Gasteiger partial charge in [-0.05, 0) is 55.3 Å². The lowest BCUT2D eigenvalue weighted by Crippen LogP contribution is -1.99. The first-order valence-corrected chi connectivity index (χ1v) is 9.45. The van der Waals surface area contributed by atoms with E-state index in [0.29, 0.717) is 29.4 Å². The lowest BCUT2D eigenvalue weighted by atomic mass is 10.1. The van der Waals surface area contributed by atoms with Gasteiger partial charge in [0.1, 0.15) is 23.9 Å². The number of carbonyl (C=O) groups excluding carboxylic acids is 1. The van der Waals surface area contributed by atoms with Crippen molar-refractivity contribution >= 4 is 11.9 Å². The zero-order chi connectivity index (χ0) is 20.4. The van der Waals surface area contributed by atoms with Gasteiger partial charge < -0.3 is 14.2 Å². The van der Waals surface area contributed by atoms with Crippen molar-refractivity contribution in [2.24, 2.45) is 0 Å². The molecule has 29 heavy (non-hydrogen) atoms. The van der Waals surface area contributed by atoms with Crippen LogP contribution in [0, 0.1) is 13.8 Å². The van der Waals surface area contributed by atoms with Gasteiger partial charge in [0.05, 0.1) is 12.7 Å². The summed E-state index contributed by atoms with van der Waals surface area (Å²) in [5, 5.41) is 0. The van der Waals surface area contributed by atoms with Crippen molar-refractivity contribution < 1.29 is 19.0 Å². The lowest BCUT2D eigenvalue weighted by molar-refractivity contribution is 0.101. The molecular formula is C25H22O4. The molecule has 0 saturated carbocycles. The molecule has 0 N–H and O–H groups in total. The zero-order valence-electron chi connectivity index (χ0n) is 16.7. The largest absolute Gasteiger partial charge is 0.497 e. The molecule has 1 heterocycles. The summed E-state index contributed by atoms with van der Waals surface area (Å²) in [6.07, 6.45) is 1.78. The van der Waals surface area contributed by atoms with Gasteiger partial charge in [0.2, 0.25) is 5.78 Å². The van der Waals surface area contributed by atoms with Gasteiger partial charge in [-0.15, -0.1) is 0 Å². The van der Waals surface area contributed by atoms with E-state index < -0.39 is 0 Å². The third-order valence-corrected chi connectivity index (χ3v) is 4.91. The minimum Gasteiger partial charge on any atom is -0.497 e. The maximum absolute atomic E-state index is 12.8. The molecule has 4 rings (SSSR count). The standard InChI is InChI=1S/C25H22O4/c1-16-6-4-7-18(12-16)14-23-24(26)21-10-11-22(17(2)25(21)29-23)28-15-19-8-5-9-20(13-19)27-3/h4-14H,15H2,1-3H3/b23-14-. The number of methoxy groups -OCH3 is 1. The highest BCUT2D eigenvalue weighted by Crippen LogP contribution is 2.39. The van der Waals surface area contributed by atoms with Crippen molar-refractivity contribution in [1.29, 1.82) is 0 Å². The molecule has 0 radical (unpaired) electrons. The van der Waals surface area contributed by atoms with Crippen LogP contribution in [-0.4, -0.2) is 12.9 Å². The fourth-order valence-electron chi connectivity index (χ4n) is 3.36. The molecule has 4 heteroatoms. The minimum atomic E-state index is -0.107. The Labute approximate surface area is 170 Å². The Balaban J connectivity index is 1.56. The van der Waals surface area contributed by atoms with Crippen molar-refractivity contribution in [2.75, 3.05) is 7.11 Å². The molecule has 0 amide bonds. The van der Waals surface area contributed by atoms with Gasteiger partial charge in [-0.1, -0.05) is 42.0 Å². The first kappa shape index (κ1) is 18.8. The topological polar surface area (TPSA) is 44.8 Å². The fourth-order valence-corrected chi connectivity index (χ4v) is 3.36. The van der Waals surface area contributed by atoms with Crippen LogP contribution in [0.4, 0.5) is 0 Å². The Morgan fingerprint density at radius 1 is 1.00 bits per heavy atom. The van der Waals surface area contributed by atoms with Crippen LogP contribution < -0.4 is 14.2 Å². The molecule has 0 saturated heterocycles. The molecule has 0 atom stereocenters. The number of hydrogen-bond acceptors (Lipinski definition) is 4. The Morgan fingerprint density at radius 3 is 2.62 bits per heavy atom. The smallest absolute Gasteiger partial charge is 0.231 e. The third-order valence-electron chi connectivity index (χ3n) is 4.91. The molecule has 3 aromatic carbocycles. The highest BCUT2D eigenvalue weighted by molar-refractivity contribution is 6.14. The zero-order valence-corrected chi connectivity index (χ0v) is 16.7. The van der Waals surface area contributed by atoms with Crippen LogP contribution in [0.3, 0.4) is 0 Å². The molecule has 146 valence electrons. The Kier molecular flexibility index (Phi) is 5.09. The molecule has 0 unspecified atom stereocenters. The van der Waals surface area contributed by atoms with E-state index in [1.165, 1.54) is 0 Å². The summed E-state index contributed by atoms with van der Waals surface area (Å²) < 4.78 is 17.2. The monoisotopic (exact) mass is 386 g/mol. The van der Waals surface area contributed by atoms with Crippen molar-refractivity contribution in [1.82, 2.24) is 0 Å². The summed E-state index contributed by atoms with van der Waals surface area (Å²) in [5.74, 6) is 2.27. The predicted molar refractivity (Wildman–Crippen MR) is 113 cm³/mol. The number of fused-ring (bicyclic) bond motifs is 1. The van der Waals surface area contributed by atoms with Crippen LogP contribution in [-0.2, 0) is 6.61 Å². The molecular weight excluding hydrogens is 364 g/mol. The van der Waals surface area contributed by atoms with Crippen molar-refractivity contribution in [2.45, 2.75) is 20.5 Å². The quantitative estimate of drug-likeness (QED) is 0.543. The number of rotatable bonds is 5. The van der Waals surface area contributed by atoms with Crippen molar-refractivity contribution in [3.8, 4) is 17.2 Å². The van der Waals surface area contributed by atoms with E-state index >= 15 is 0 Å². The van der Waals surface area contributed by atoms with Crippen LogP contribution >= 0.6 is 0 Å². The maximum Gasteiger partial charge on any atom is 0.231 e. The normalized spacial score (nSPS) is 13.9. The van der Waals surface area contributed by atoms with E-state index in [-0.39, 0.29) is 5.78 Å². The summed E-state index contributed by atoms with van der Waals surface area (Å²) in [7, 11) is 1.64. The maximum atomic E-state index is 12.8. The number of benzene rings is 3. The van der Waals surface area contributed by atoms with Crippen LogP contribution in [0.1, 0.15) is 32.6 Å². The lowest BCUT2D eigenvalue weighted by Gasteiger charge is -2.12. The Morgan fingerprint density at radius 2 is 1.83 bits per heavy atom. The number of allylic oxidation sites excluding steroid dienone is 1. The molecule has 0 aliphatic carbocycles. The number of carbonyl (C=O) groups is 1. The summed E-state index contributed by atoms with van der Waals surface area (Å²) in [5.41, 5.74) is 4.45. The summed E-state index contributed by atoms with van der Waals surface area (Å²) in [6, 6.07) is 19.3. The molecule has 0 bridgehead atoms. The minimum absolute atomic E-state index is 0.107. The molecule has 4 nitrogen and oxygen atoms in total. The van der Waals surface area contributed by atoms with E-state index in [1.54, 1.807) is 19.3 Å². The first-order chi connectivity index (χ1) is 14.0. The van der Waals surface area contributed by atoms with Gasteiger partial charge >= 0.3 is 0 Å². The summed E-state index contributed by atoms with van der Waals surface area (Å²) >= 11 is 0. The highest BCUT2D eigenvalue weighted by atomic mass is 16.5. The van der Waals surface area contributed by atoms with Crippen molar-refractivity contribution in [3.63, 3.8) is 0 Å². The van der Waals surface area contributed by atoms with Gasteiger partial charge in [-0.3, -0.25) is 4.79 Å². The molecule has 1 aliphatic rings. The van der Waals surface area contributed by atoms with Gasteiger partial charge in [0.15, 0.2) is 5.76 Å².